The largest absolute Gasteiger partial charge is 0.481 e. The van der Waals surface area contributed by atoms with Crippen LogP contribution in [-0.2, 0) is 14.3 Å². The third-order valence-corrected chi connectivity index (χ3v) is 11.0. The second-order valence-corrected chi connectivity index (χ2v) is 11.5. The standard InChI is InChI=1S/C26H22FN3O4S/c1-3-34-23(31)12-19(10-5-4-6-11(27)9(10)2)29-21(22-28-7-8-35-22)30-20(12)25-13-16-14(25)18-15(25)17(13)26(16,18)24(32)33/h4-8,13-19H,3H2,1-2H3,(H,29,30)(H,32,33)/t13?,14?,15?,16?,17?,18?,19-,25?,26?/m0/s1. The number of aliphatic imine (C=N–C) groups is 1. The number of halogens is 1. The molecule has 9 heteroatoms. The number of nitrogens with zero attached hydrogens (tertiary/aromatic N) is 2. The van der Waals surface area contributed by atoms with Gasteiger partial charge in [-0.1, -0.05) is 12.1 Å². The lowest BCUT2D eigenvalue weighted by atomic mass is 8.92. The Morgan fingerprint density at radius 2 is 1.91 bits per heavy atom. The van der Waals surface area contributed by atoms with E-state index < -0.39 is 23.4 Å². The summed E-state index contributed by atoms with van der Waals surface area (Å²) in [7, 11) is 0. The molecule has 6 aliphatic carbocycles. The van der Waals surface area contributed by atoms with Crippen LogP contribution in [-0.4, -0.2) is 34.5 Å². The van der Waals surface area contributed by atoms with Crippen LogP contribution in [0.4, 0.5) is 4.39 Å². The zero-order valence-corrected chi connectivity index (χ0v) is 19.8. The summed E-state index contributed by atoms with van der Waals surface area (Å²) in [6.07, 6.45) is 1.71. The van der Waals surface area contributed by atoms with E-state index in [-0.39, 0.29) is 53.3 Å². The Bertz CT molecular complexity index is 1380. The third kappa shape index (κ3) is 1.77. The van der Waals surface area contributed by atoms with Gasteiger partial charge in [0, 0.05) is 22.7 Å². The van der Waals surface area contributed by atoms with Crippen molar-refractivity contribution >= 4 is 29.1 Å². The molecule has 7 aliphatic rings. The van der Waals surface area contributed by atoms with Crippen LogP contribution in [0.25, 0.3) is 0 Å². The lowest BCUT2D eigenvalue weighted by molar-refractivity contribution is -0.633. The minimum absolute atomic E-state index is 0.203. The molecule has 0 saturated heterocycles. The Balaban J connectivity index is 1.31. The van der Waals surface area contributed by atoms with Crippen LogP contribution in [0.3, 0.4) is 0 Å². The Morgan fingerprint density at radius 1 is 1.20 bits per heavy atom. The van der Waals surface area contributed by atoms with E-state index in [9.17, 15) is 19.1 Å². The molecule has 178 valence electrons. The molecule has 1 aromatic heterocycles. The number of allylic oxidation sites excluding steroid dienone is 1. The third-order valence-electron chi connectivity index (χ3n) is 10.2. The number of carboxylic acid groups (broad SMARTS) is 1. The topological polar surface area (TPSA) is 101 Å². The maximum atomic E-state index is 14.6. The molecule has 2 heterocycles. The van der Waals surface area contributed by atoms with Gasteiger partial charge in [-0.2, -0.15) is 0 Å². The van der Waals surface area contributed by atoms with Gasteiger partial charge in [-0.25, -0.2) is 14.2 Å². The SMILES string of the molecule is CCOC(=O)C1=C(C23C4C5C2C2C3C4C52C(=O)O)NC(c2nccs2)=N[C@H]1c1cccc(F)c1C. The summed E-state index contributed by atoms with van der Waals surface area (Å²) in [5.74, 6) is 0.547. The Hall–Kier alpha value is -3.07. The number of hydrogen-bond acceptors (Lipinski definition) is 7. The first-order chi connectivity index (χ1) is 16.9. The number of hydrogen-bond donors (Lipinski definition) is 2. The number of nitrogens with one attached hydrogen (secondary N) is 1. The number of rotatable bonds is 6. The lowest BCUT2D eigenvalue weighted by Crippen LogP contribution is -3.11. The van der Waals surface area contributed by atoms with Crippen LogP contribution in [0.2, 0.25) is 0 Å². The molecule has 2 N–H and O–H groups in total. The van der Waals surface area contributed by atoms with Gasteiger partial charge in [0.15, 0.2) is 10.8 Å². The van der Waals surface area contributed by atoms with Crippen LogP contribution in [0.1, 0.15) is 29.1 Å². The van der Waals surface area contributed by atoms with Gasteiger partial charge in [0.05, 0.1) is 17.6 Å². The highest BCUT2D eigenvalue weighted by Gasteiger charge is 3.12. The van der Waals surface area contributed by atoms with Crippen LogP contribution >= 0.6 is 11.3 Å². The first-order valence-corrected chi connectivity index (χ1v) is 12.9. The predicted molar refractivity (Wildman–Crippen MR) is 123 cm³/mol. The molecule has 0 spiro atoms. The second-order valence-electron chi connectivity index (χ2n) is 10.6. The van der Waals surface area contributed by atoms with Gasteiger partial charge >= 0.3 is 11.9 Å². The molecule has 1 aromatic carbocycles. The van der Waals surface area contributed by atoms with E-state index in [4.69, 9.17) is 9.73 Å². The van der Waals surface area contributed by atoms with Gasteiger partial charge in [0.1, 0.15) is 11.9 Å². The monoisotopic (exact) mass is 491 g/mol. The Labute approximate surface area is 204 Å². The molecule has 6 saturated carbocycles. The van der Waals surface area contributed by atoms with Crippen molar-refractivity contribution in [3.05, 3.63) is 63.0 Å². The normalized spacial score (nSPS) is 42.3. The van der Waals surface area contributed by atoms with E-state index in [0.717, 1.165) is 5.70 Å². The molecule has 1 aliphatic heterocycles. The van der Waals surface area contributed by atoms with Gasteiger partial charge in [-0.3, -0.25) is 9.79 Å². The highest BCUT2D eigenvalue weighted by atomic mass is 32.1. The fraction of sp³-hybridized carbons (Fsp3) is 0.462. The molecule has 1 atom stereocenters. The van der Waals surface area contributed by atoms with Gasteiger partial charge in [-0.15, -0.1) is 11.3 Å². The van der Waals surface area contributed by atoms with E-state index in [1.807, 2.05) is 11.4 Å². The van der Waals surface area contributed by atoms with E-state index in [2.05, 4.69) is 10.3 Å². The highest BCUT2D eigenvalue weighted by Crippen LogP contribution is 3.11. The quantitative estimate of drug-likeness (QED) is 0.602. The van der Waals surface area contributed by atoms with Crippen LogP contribution in [0.15, 0.2) is 46.0 Å². The zero-order chi connectivity index (χ0) is 24.0. The van der Waals surface area contributed by atoms with Gasteiger partial charge in [0.2, 0.25) is 0 Å². The van der Waals surface area contributed by atoms with Crippen molar-refractivity contribution < 1.29 is 23.8 Å². The van der Waals surface area contributed by atoms with Gasteiger partial charge < -0.3 is 15.2 Å². The lowest BCUT2D eigenvalue weighted by Gasteiger charge is -3.10. The molecule has 7 nitrogen and oxygen atoms in total. The number of carboxylic acids is 1. The van der Waals surface area contributed by atoms with Crippen molar-refractivity contribution in [2.45, 2.75) is 19.9 Å². The summed E-state index contributed by atoms with van der Waals surface area (Å²) in [6.45, 7) is 3.68. The zero-order valence-electron chi connectivity index (χ0n) is 19.0. The summed E-state index contributed by atoms with van der Waals surface area (Å²) in [4.78, 5) is 34.9. The van der Waals surface area contributed by atoms with Crippen molar-refractivity contribution in [1.29, 1.82) is 0 Å². The number of ether oxygens (including phenoxy) is 1. The fourth-order valence-electron chi connectivity index (χ4n) is 9.36. The maximum absolute atomic E-state index is 14.6. The molecule has 2 aromatic rings. The summed E-state index contributed by atoms with van der Waals surface area (Å²) < 4.78 is 20.2. The Morgan fingerprint density at radius 3 is 2.51 bits per heavy atom. The summed E-state index contributed by atoms with van der Waals surface area (Å²) >= 11 is 1.45. The van der Waals surface area contributed by atoms with Crippen molar-refractivity contribution in [3.63, 3.8) is 0 Å². The molecule has 0 bridgehead atoms. The minimum atomic E-state index is -0.728. The number of amidine groups is 1. The predicted octanol–water partition coefficient (Wildman–Crippen LogP) is 3.32. The van der Waals surface area contributed by atoms with E-state index in [1.54, 1.807) is 26.1 Å². The number of thiazole rings is 1. The minimum Gasteiger partial charge on any atom is -0.481 e. The average Bonchev–Trinajstić information content (AvgIpc) is 3.40. The van der Waals surface area contributed by atoms with Crippen LogP contribution in [0.5, 0.6) is 0 Å². The maximum Gasteiger partial charge on any atom is 0.338 e. The summed E-state index contributed by atoms with van der Waals surface area (Å²) in [5, 5.41) is 16.0. The van der Waals surface area contributed by atoms with Crippen molar-refractivity contribution in [2.75, 3.05) is 6.61 Å². The average molecular weight is 492 g/mol. The van der Waals surface area contributed by atoms with E-state index in [0.29, 0.717) is 27.5 Å². The van der Waals surface area contributed by atoms with Gasteiger partial charge in [0.25, 0.3) is 0 Å². The molecule has 35 heavy (non-hydrogen) atoms. The van der Waals surface area contributed by atoms with E-state index in [1.165, 1.54) is 17.4 Å². The summed E-state index contributed by atoms with van der Waals surface area (Å²) in [6, 6.07) is 4.13. The number of carbonyl (C=O) groups is 2. The highest BCUT2D eigenvalue weighted by molar-refractivity contribution is 7.11. The molecule has 9 rings (SSSR count). The molecule has 0 amide bonds. The van der Waals surface area contributed by atoms with Gasteiger partial charge in [-0.05, 0) is 66.5 Å². The van der Waals surface area contributed by atoms with Crippen molar-refractivity contribution in [2.24, 2.45) is 51.3 Å². The van der Waals surface area contributed by atoms with Crippen molar-refractivity contribution in [3.8, 4) is 0 Å². The molecule has 0 unspecified atom stereocenters. The number of aromatic nitrogens is 1. The first kappa shape index (κ1) is 20.2. The first-order valence-electron chi connectivity index (χ1n) is 12.1. The number of carbonyl (C=O) groups excluding carboxylic acids is 1. The van der Waals surface area contributed by atoms with Crippen LogP contribution < -0.4 is 5.32 Å². The molecular weight excluding hydrogens is 469 g/mol. The number of esters is 1. The van der Waals surface area contributed by atoms with E-state index >= 15 is 0 Å². The molecule has 6 fully saturated rings. The Kier molecular flexibility index (Phi) is 3.46. The smallest absolute Gasteiger partial charge is 0.338 e. The number of aliphatic carboxylic acids is 1. The summed E-state index contributed by atoms with van der Waals surface area (Å²) in [5.41, 5.74) is 1.58. The van der Waals surface area contributed by atoms with Crippen LogP contribution in [0, 0.1) is 59.1 Å². The fourth-order valence-corrected chi connectivity index (χ4v) is 9.95. The number of benzene rings is 1. The molecule has 0 radical (unpaired) electrons. The van der Waals surface area contributed by atoms with Crippen molar-refractivity contribution in [1.82, 2.24) is 10.3 Å². The molecular formula is C26H22FN3O4S. The second kappa shape index (κ2) is 6.00.